The predicted octanol–water partition coefficient (Wildman–Crippen LogP) is 15.8. The smallest absolute Gasteiger partial charge is 0.331 e. The van der Waals surface area contributed by atoms with Crippen molar-refractivity contribution < 1.29 is 24.2 Å². The Morgan fingerprint density at radius 1 is 0.812 bits per heavy atom. The summed E-state index contributed by atoms with van der Waals surface area (Å²) in [4.78, 5) is 27.8. The van der Waals surface area contributed by atoms with Crippen molar-refractivity contribution >= 4 is 11.9 Å². The third-order valence-corrected chi connectivity index (χ3v) is 18.1. The number of nitrogens with zero attached hydrogens (tertiary/aromatic N) is 1. The van der Waals surface area contributed by atoms with Crippen LogP contribution in [-0.4, -0.2) is 60.9 Å². The number of allylic oxidation sites excluding steroid dienone is 14. The highest BCUT2D eigenvalue weighted by Crippen LogP contribution is 2.66. The third kappa shape index (κ3) is 16.1. The van der Waals surface area contributed by atoms with Gasteiger partial charge in [-0.2, -0.15) is 0 Å². The van der Waals surface area contributed by atoms with E-state index >= 15 is 0 Å². The summed E-state index contributed by atoms with van der Waals surface area (Å²) in [6, 6.07) is 0. The lowest BCUT2D eigenvalue weighted by Gasteiger charge is -2.55. The number of fused-ring (bicyclic) bond motifs is 5. The van der Waals surface area contributed by atoms with E-state index in [1.807, 2.05) is 19.1 Å². The normalized spacial score (nSPS) is 28.3. The Kier molecular flexibility index (Phi) is 22.2. The first-order chi connectivity index (χ1) is 32.9. The standard InChI is InChI=1S/C63H99NO5/c1-46(2)49(5)27-28-51(7)56-32-33-57-54-30-29-52-45-53(34-37-62(52,10)58(54)35-38-63(56,57)11)69-59(66)25-16-12-13-17-39-64(41-42-65)40-18-14-15-19-43-68-60(67)44-48(4)23-20-22-47(3)26-31-55-50(6)24-21-36-61(55,8)9/h20,22-23,26-31,44,46,49,51,53,56-58,65H,12-19,21,24-25,32-43,45H2,1-11H3/b23-20+,28-27+,31-26+,47-22+,48-44+. The minimum atomic E-state index is -0.287. The molecule has 8 unspecified atom stereocenters. The minimum absolute atomic E-state index is 0.00557. The van der Waals surface area contributed by atoms with Gasteiger partial charge in [0.2, 0.25) is 0 Å². The Hall–Kier alpha value is -3.22. The van der Waals surface area contributed by atoms with Gasteiger partial charge >= 0.3 is 11.9 Å². The molecule has 0 saturated heterocycles. The first kappa shape index (κ1) is 56.7. The molecule has 0 aromatic rings. The fraction of sp³-hybridized carbons (Fsp3) is 0.714. The Balaban J connectivity index is 0.918. The van der Waals surface area contributed by atoms with Gasteiger partial charge in [0.25, 0.3) is 0 Å². The summed E-state index contributed by atoms with van der Waals surface area (Å²) in [5.41, 5.74) is 9.09. The Morgan fingerprint density at radius 3 is 2.25 bits per heavy atom. The summed E-state index contributed by atoms with van der Waals surface area (Å²) in [5.74, 6) is 3.72. The van der Waals surface area contributed by atoms with Crippen LogP contribution in [0, 0.1) is 51.8 Å². The van der Waals surface area contributed by atoms with Gasteiger partial charge in [-0.3, -0.25) is 4.79 Å². The number of ether oxygens (including phenoxy) is 2. The third-order valence-electron chi connectivity index (χ3n) is 18.1. The Morgan fingerprint density at radius 2 is 1.54 bits per heavy atom. The molecule has 8 atom stereocenters. The van der Waals surface area contributed by atoms with E-state index in [-0.39, 0.29) is 35.5 Å². The zero-order chi connectivity index (χ0) is 50.2. The van der Waals surface area contributed by atoms with Gasteiger partial charge in [-0.15, -0.1) is 0 Å². The number of esters is 2. The monoisotopic (exact) mass is 950 g/mol. The number of carbonyl (C=O) groups is 2. The quantitative estimate of drug-likeness (QED) is 0.0306. The van der Waals surface area contributed by atoms with Crippen molar-refractivity contribution in [2.75, 3.05) is 32.8 Å². The second kappa shape index (κ2) is 27.0. The van der Waals surface area contributed by atoms with Gasteiger partial charge < -0.3 is 19.5 Å². The molecule has 0 radical (unpaired) electrons. The van der Waals surface area contributed by atoms with E-state index in [0.717, 1.165) is 95.2 Å². The molecule has 6 heteroatoms. The average molecular weight is 950 g/mol. The van der Waals surface area contributed by atoms with Crippen LogP contribution in [0.25, 0.3) is 0 Å². The van der Waals surface area contributed by atoms with Crippen LogP contribution in [0.5, 0.6) is 0 Å². The van der Waals surface area contributed by atoms with E-state index < -0.39 is 0 Å². The minimum Gasteiger partial charge on any atom is -0.463 e. The van der Waals surface area contributed by atoms with Crippen molar-refractivity contribution in [1.29, 1.82) is 0 Å². The van der Waals surface area contributed by atoms with E-state index in [1.165, 1.54) is 67.2 Å². The summed E-state index contributed by atoms with van der Waals surface area (Å²) < 4.78 is 11.6. The highest BCUT2D eigenvalue weighted by atomic mass is 16.5. The first-order valence-corrected chi connectivity index (χ1v) is 28.1. The summed E-state index contributed by atoms with van der Waals surface area (Å²) in [5, 5.41) is 9.69. The SMILES string of the molecule is CC1=C(/C=C/C(C)=C/C=C/C(C)=C/C(=O)OCCCCCCN(CCO)CCCCCCC(=O)OC2CCC3(C)C(=CC=C4C3CCC3(C)C4CCC3C(C)/C=C/C(C)C(C)C)C2)C(C)(C)CCC1. The van der Waals surface area contributed by atoms with Crippen molar-refractivity contribution in [3.63, 3.8) is 0 Å². The van der Waals surface area contributed by atoms with Gasteiger partial charge in [0.15, 0.2) is 0 Å². The summed E-state index contributed by atoms with van der Waals surface area (Å²) in [6.07, 6.45) is 42.6. The van der Waals surface area contributed by atoms with Gasteiger partial charge in [-0.05, 0) is 180 Å². The van der Waals surface area contributed by atoms with E-state index in [9.17, 15) is 14.7 Å². The van der Waals surface area contributed by atoms with Crippen molar-refractivity contribution in [2.24, 2.45) is 51.8 Å². The molecule has 0 aliphatic heterocycles. The Labute approximate surface area is 422 Å². The lowest BCUT2D eigenvalue weighted by molar-refractivity contribution is -0.151. The molecule has 3 saturated carbocycles. The van der Waals surface area contributed by atoms with Crippen LogP contribution < -0.4 is 0 Å². The molecule has 386 valence electrons. The molecule has 0 spiro atoms. The summed E-state index contributed by atoms with van der Waals surface area (Å²) in [7, 11) is 0. The average Bonchev–Trinajstić information content (AvgIpc) is 3.65. The van der Waals surface area contributed by atoms with Gasteiger partial charge in [0.05, 0.1) is 13.2 Å². The molecule has 5 aliphatic carbocycles. The molecule has 1 N–H and O–H groups in total. The molecular weight excluding hydrogens is 851 g/mol. The number of hydrogen-bond acceptors (Lipinski definition) is 6. The first-order valence-electron chi connectivity index (χ1n) is 28.1. The molecule has 5 aliphatic rings. The van der Waals surface area contributed by atoms with Crippen molar-refractivity contribution in [2.45, 2.75) is 204 Å². The highest BCUT2D eigenvalue weighted by Gasteiger charge is 2.57. The number of carbonyl (C=O) groups excluding carboxylic acids is 2. The molecule has 0 aromatic carbocycles. The number of rotatable bonds is 26. The molecule has 5 rings (SSSR count). The molecule has 0 heterocycles. The zero-order valence-electron chi connectivity index (χ0n) is 45.8. The predicted molar refractivity (Wildman–Crippen MR) is 290 cm³/mol. The van der Waals surface area contributed by atoms with E-state index in [2.05, 4.69) is 117 Å². The molecule has 3 fully saturated rings. The molecular formula is C63H99NO5. The fourth-order valence-corrected chi connectivity index (χ4v) is 13.2. The fourth-order valence-electron chi connectivity index (χ4n) is 13.2. The van der Waals surface area contributed by atoms with Crippen LogP contribution in [0.2, 0.25) is 0 Å². The van der Waals surface area contributed by atoms with Crippen LogP contribution in [0.3, 0.4) is 0 Å². The summed E-state index contributed by atoms with van der Waals surface area (Å²) in [6.45, 7) is 28.8. The highest BCUT2D eigenvalue weighted by molar-refractivity contribution is 5.83. The van der Waals surface area contributed by atoms with Crippen LogP contribution in [-0.2, 0) is 19.1 Å². The van der Waals surface area contributed by atoms with Crippen LogP contribution in [0.4, 0.5) is 0 Å². The largest absolute Gasteiger partial charge is 0.463 e. The maximum atomic E-state index is 13.1. The van der Waals surface area contributed by atoms with Crippen LogP contribution >= 0.6 is 0 Å². The maximum absolute atomic E-state index is 13.1. The number of unbranched alkanes of at least 4 members (excludes halogenated alkanes) is 6. The maximum Gasteiger partial charge on any atom is 0.331 e. The molecule has 69 heavy (non-hydrogen) atoms. The van der Waals surface area contributed by atoms with E-state index in [0.29, 0.717) is 54.6 Å². The lowest BCUT2D eigenvalue weighted by atomic mass is 9.50. The second-order valence-electron chi connectivity index (χ2n) is 24.0. The van der Waals surface area contributed by atoms with Crippen molar-refractivity contribution in [3.8, 4) is 0 Å². The van der Waals surface area contributed by atoms with Crippen molar-refractivity contribution in [3.05, 3.63) is 94.2 Å². The molecule has 0 aromatic heterocycles. The molecule has 6 nitrogen and oxygen atoms in total. The topological polar surface area (TPSA) is 76.1 Å². The number of aliphatic hydroxyl groups is 1. The van der Waals surface area contributed by atoms with Gasteiger partial charge in [-0.1, -0.05) is 158 Å². The molecule has 0 amide bonds. The van der Waals surface area contributed by atoms with Gasteiger partial charge in [-0.25, -0.2) is 4.79 Å². The second-order valence-corrected chi connectivity index (χ2v) is 24.0. The van der Waals surface area contributed by atoms with Crippen LogP contribution in [0.15, 0.2) is 94.2 Å². The molecule has 0 bridgehead atoms. The van der Waals surface area contributed by atoms with E-state index in [4.69, 9.17) is 9.47 Å². The Bertz CT molecular complexity index is 1940. The van der Waals surface area contributed by atoms with Gasteiger partial charge in [0, 0.05) is 25.5 Å². The van der Waals surface area contributed by atoms with Crippen molar-refractivity contribution in [1.82, 2.24) is 4.90 Å². The van der Waals surface area contributed by atoms with Crippen LogP contribution in [0.1, 0.15) is 198 Å². The van der Waals surface area contributed by atoms with E-state index in [1.54, 1.807) is 11.6 Å². The van der Waals surface area contributed by atoms with Gasteiger partial charge in [0.1, 0.15) is 6.10 Å². The summed E-state index contributed by atoms with van der Waals surface area (Å²) >= 11 is 0. The zero-order valence-corrected chi connectivity index (χ0v) is 45.8. The number of hydrogen-bond donors (Lipinski definition) is 1. The lowest BCUT2D eigenvalue weighted by Crippen LogP contribution is -2.46. The number of aliphatic hydroxyl groups excluding tert-OH is 1.